The molecule has 1 aromatic heterocycles. The molecule has 0 aliphatic carbocycles. The lowest BCUT2D eigenvalue weighted by Gasteiger charge is -2.45. The second-order valence-electron chi connectivity index (χ2n) is 8.43. The number of allylic oxidation sites excluding steroid dienone is 1. The van der Waals surface area contributed by atoms with Crippen LogP contribution in [-0.2, 0) is 4.74 Å². The minimum atomic E-state index is -0.463. The maximum atomic E-state index is 10.4. The molecule has 0 saturated carbocycles. The van der Waals surface area contributed by atoms with Gasteiger partial charge in [-0.2, -0.15) is 0 Å². The van der Waals surface area contributed by atoms with E-state index >= 15 is 0 Å². The number of fused-ring (bicyclic) bond motifs is 1. The van der Waals surface area contributed by atoms with Crippen molar-refractivity contribution in [1.29, 1.82) is 0 Å². The van der Waals surface area contributed by atoms with Gasteiger partial charge in [0.2, 0.25) is 5.95 Å². The Bertz CT molecular complexity index is 1050. The summed E-state index contributed by atoms with van der Waals surface area (Å²) in [6.45, 7) is 8.13. The molecule has 2 saturated heterocycles. The lowest BCUT2D eigenvalue weighted by atomic mass is 9.95. The molecular weight excluding hydrogens is 430 g/mol. The fraction of sp³-hybridized carbons (Fsp3) is 0.500. The number of nitrogens with zero attached hydrogens (tertiary/aromatic N) is 5. The van der Waals surface area contributed by atoms with Gasteiger partial charge in [0.25, 0.3) is 0 Å². The highest BCUT2D eigenvalue weighted by atomic mass is 35.5. The third kappa shape index (κ3) is 4.25. The molecule has 0 radical (unpaired) electrons. The molecule has 2 aliphatic rings. The number of piperazine rings is 1. The first-order valence-corrected chi connectivity index (χ1v) is 11.1. The number of ether oxygens (including phenoxy) is 1. The van der Waals surface area contributed by atoms with Crippen LogP contribution in [0, 0.1) is 0 Å². The zero-order chi connectivity index (χ0) is 22.9. The van der Waals surface area contributed by atoms with Crippen LogP contribution in [-0.4, -0.2) is 83.8 Å². The minimum Gasteiger partial charge on any atom is -0.403 e. The highest BCUT2D eigenvalue weighted by Crippen LogP contribution is 2.33. The van der Waals surface area contributed by atoms with E-state index in [-0.39, 0.29) is 5.54 Å². The van der Waals surface area contributed by atoms with Crippen molar-refractivity contribution < 1.29 is 9.84 Å². The number of nitrogens with one attached hydrogen (secondary N) is 1. The van der Waals surface area contributed by atoms with Gasteiger partial charge in [-0.25, -0.2) is 9.97 Å². The smallest absolute Gasteiger partial charge is 0.227 e. The van der Waals surface area contributed by atoms with Crippen molar-refractivity contribution in [2.24, 2.45) is 10.7 Å². The van der Waals surface area contributed by atoms with Gasteiger partial charge in [0.1, 0.15) is 0 Å². The van der Waals surface area contributed by atoms with Crippen LogP contribution in [0.4, 0.5) is 11.6 Å². The Balaban J connectivity index is 1.54. The first kappa shape index (κ1) is 22.7. The van der Waals surface area contributed by atoms with E-state index in [9.17, 15) is 5.11 Å². The average molecular weight is 460 g/mol. The normalized spacial score (nSPS) is 25.5. The number of halogens is 1. The van der Waals surface area contributed by atoms with E-state index in [1.165, 1.54) is 6.20 Å². The van der Waals surface area contributed by atoms with Crippen molar-refractivity contribution in [2.75, 3.05) is 56.7 Å². The first-order valence-electron chi connectivity index (χ1n) is 10.7. The molecule has 4 rings (SSSR count). The van der Waals surface area contributed by atoms with E-state index in [1.807, 2.05) is 19.1 Å². The Morgan fingerprint density at radius 1 is 1.38 bits per heavy atom. The Kier molecular flexibility index (Phi) is 6.52. The number of nitrogens with two attached hydrogens (primary N) is 1. The Morgan fingerprint density at radius 3 is 2.75 bits per heavy atom. The zero-order valence-electron chi connectivity index (χ0n) is 18.7. The predicted octanol–water partition coefficient (Wildman–Crippen LogP) is 1.86. The molecular formula is C22H30ClN7O2. The number of benzene rings is 1. The van der Waals surface area contributed by atoms with E-state index in [4.69, 9.17) is 22.1 Å². The molecule has 3 heterocycles. The summed E-state index contributed by atoms with van der Waals surface area (Å²) in [6, 6.07) is 3.90. The van der Waals surface area contributed by atoms with Crippen LogP contribution in [0.15, 0.2) is 35.2 Å². The van der Waals surface area contributed by atoms with Crippen molar-refractivity contribution in [3.05, 3.63) is 35.2 Å². The summed E-state index contributed by atoms with van der Waals surface area (Å²) in [5.74, 6) is 0.443. The quantitative estimate of drug-likeness (QED) is 0.581. The number of aliphatic hydroxyl groups is 1. The summed E-state index contributed by atoms with van der Waals surface area (Å²) in [7, 11) is 1.70. The molecule has 1 aromatic carbocycles. The van der Waals surface area contributed by atoms with Crippen LogP contribution in [0.5, 0.6) is 0 Å². The van der Waals surface area contributed by atoms with Gasteiger partial charge in [-0.3, -0.25) is 9.89 Å². The monoisotopic (exact) mass is 459 g/mol. The molecule has 9 nitrogen and oxygen atoms in total. The number of aliphatic imine (C=N–C) groups is 1. The Morgan fingerprint density at radius 2 is 2.12 bits per heavy atom. The molecule has 172 valence electrons. The summed E-state index contributed by atoms with van der Waals surface area (Å²) < 4.78 is 5.51. The van der Waals surface area contributed by atoms with Crippen LogP contribution >= 0.6 is 11.6 Å². The molecule has 2 fully saturated rings. The van der Waals surface area contributed by atoms with Gasteiger partial charge < -0.3 is 25.8 Å². The van der Waals surface area contributed by atoms with E-state index in [1.54, 1.807) is 13.2 Å². The van der Waals surface area contributed by atoms with E-state index < -0.39 is 6.10 Å². The lowest BCUT2D eigenvalue weighted by molar-refractivity contribution is 0.00884. The maximum Gasteiger partial charge on any atom is 0.227 e. The van der Waals surface area contributed by atoms with E-state index in [2.05, 4.69) is 37.0 Å². The molecule has 2 aromatic rings. The van der Waals surface area contributed by atoms with Crippen molar-refractivity contribution in [2.45, 2.75) is 25.5 Å². The Hall–Kier alpha value is -2.46. The largest absolute Gasteiger partial charge is 0.403 e. The molecule has 0 bridgehead atoms. The van der Waals surface area contributed by atoms with Crippen LogP contribution in [0.1, 0.15) is 13.8 Å². The van der Waals surface area contributed by atoms with E-state index in [0.29, 0.717) is 29.9 Å². The van der Waals surface area contributed by atoms with Gasteiger partial charge in [0, 0.05) is 51.0 Å². The third-order valence-electron chi connectivity index (χ3n) is 6.52. The number of aromatic nitrogens is 2. The Labute approximate surface area is 192 Å². The first-order chi connectivity index (χ1) is 15.4. The second kappa shape index (κ2) is 9.19. The van der Waals surface area contributed by atoms with Crippen molar-refractivity contribution >= 4 is 39.9 Å². The van der Waals surface area contributed by atoms with E-state index in [0.717, 1.165) is 48.5 Å². The van der Waals surface area contributed by atoms with Gasteiger partial charge in [-0.15, -0.1) is 0 Å². The molecule has 2 unspecified atom stereocenters. The summed E-state index contributed by atoms with van der Waals surface area (Å²) in [5.41, 5.74) is 8.53. The molecule has 32 heavy (non-hydrogen) atoms. The summed E-state index contributed by atoms with van der Waals surface area (Å²) in [6.07, 6.45) is 2.73. The highest BCUT2D eigenvalue weighted by Gasteiger charge is 2.44. The summed E-state index contributed by atoms with van der Waals surface area (Å²) >= 11 is 6.63. The zero-order valence-corrected chi connectivity index (χ0v) is 19.4. The highest BCUT2D eigenvalue weighted by molar-refractivity contribution is 6.34. The minimum absolute atomic E-state index is 0.332. The second-order valence-corrected chi connectivity index (χ2v) is 8.84. The lowest BCUT2D eigenvalue weighted by Crippen LogP contribution is -2.60. The number of aliphatic hydroxyl groups excluding tert-OH is 1. The number of hydrogen-bond donors (Lipinski definition) is 3. The SMILES string of the molecule is CN=C(C)/C(=C\N)Nc1ncc2cc(Cl)c(N3CCN(C4(C)COCC4O)CC3)cc2n1. The maximum absolute atomic E-state index is 10.4. The van der Waals surface area contributed by atoms with Crippen molar-refractivity contribution in [3.8, 4) is 0 Å². The number of rotatable bonds is 5. The number of hydrogen-bond acceptors (Lipinski definition) is 9. The average Bonchev–Trinajstić information content (AvgIpc) is 3.15. The summed E-state index contributed by atoms with van der Waals surface area (Å²) in [5, 5.41) is 15.0. The molecule has 0 spiro atoms. The van der Waals surface area contributed by atoms with Gasteiger partial charge in [-0.05, 0) is 26.0 Å². The molecule has 2 atom stereocenters. The van der Waals surface area contributed by atoms with Gasteiger partial charge >= 0.3 is 0 Å². The van der Waals surface area contributed by atoms with Gasteiger partial charge in [0.05, 0.1) is 52.5 Å². The van der Waals surface area contributed by atoms with Crippen LogP contribution in [0.3, 0.4) is 0 Å². The van der Waals surface area contributed by atoms with Crippen LogP contribution < -0.4 is 16.0 Å². The van der Waals surface area contributed by atoms with Gasteiger partial charge in [0.15, 0.2) is 0 Å². The van der Waals surface area contributed by atoms with Crippen molar-refractivity contribution in [3.63, 3.8) is 0 Å². The fourth-order valence-corrected chi connectivity index (χ4v) is 4.54. The number of anilines is 2. The molecule has 0 amide bonds. The standard InChI is InChI=1S/C22H30ClN7O2/c1-14(25-3)18(10-24)28-21-26-11-15-8-16(23)19(9-17(15)27-21)29-4-6-30(7-5-29)22(2)13-32-12-20(22)31/h8-11,20,31H,4-7,12-13,24H2,1-3H3,(H,26,27,28)/b18-10+,25-14?. The topological polar surface area (TPSA) is 112 Å². The van der Waals surface area contributed by atoms with Crippen LogP contribution in [0.25, 0.3) is 10.9 Å². The third-order valence-corrected chi connectivity index (χ3v) is 6.82. The molecule has 4 N–H and O–H groups in total. The molecule has 2 aliphatic heterocycles. The predicted molar refractivity (Wildman–Crippen MR) is 128 cm³/mol. The van der Waals surface area contributed by atoms with Crippen molar-refractivity contribution in [1.82, 2.24) is 14.9 Å². The summed E-state index contributed by atoms with van der Waals surface area (Å²) in [4.78, 5) is 17.8. The molecule has 10 heteroatoms. The van der Waals surface area contributed by atoms with Crippen LogP contribution in [0.2, 0.25) is 5.02 Å². The van der Waals surface area contributed by atoms with Gasteiger partial charge in [-0.1, -0.05) is 11.6 Å². The fourth-order valence-electron chi connectivity index (χ4n) is 4.25.